The molecule has 1 unspecified atom stereocenters. The van der Waals surface area contributed by atoms with E-state index in [2.05, 4.69) is 69.2 Å². The maximum atomic E-state index is 2.38. The van der Waals surface area contributed by atoms with Gasteiger partial charge in [0, 0.05) is 0 Å². The average Bonchev–Trinajstić information content (AvgIpc) is 2.31. The fourth-order valence-corrected chi connectivity index (χ4v) is 3.14. The molecule has 0 spiro atoms. The summed E-state index contributed by atoms with van der Waals surface area (Å²) in [5.74, 6) is 1.86. The topological polar surface area (TPSA) is 0 Å². The maximum Gasteiger partial charge on any atom is -0.0380 e. The van der Waals surface area contributed by atoms with Gasteiger partial charge < -0.3 is 0 Å². The molecule has 0 aliphatic rings. The molecule has 0 heteroatoms. The Morgan fingerprint density at radius 1 is 0.714 bits per heavy atom. The second-order valence-corrected chi connectivity index (χ2v) is 9.46. The van der Waals surface area contributed by atoms with Crippen molar-refractivity contribution in [3.63, 3.8) is 0 Å². The van der Waals surface area contributed by atoms with E-state index in [0.29, 0.717) is 10.8 Å². The molecule has 0 aliphatic heterocycles. The van der Waals surface area contributed by atoms with Gasteiger partial charge in [0.25, 0.3) is 0 Å². The zero-order valence-electron chi connectivity index (χ0n) is 17.1. The Morgan fingerprint density at radius 2 is 1.14 bits per heavy atom. The molecule has 21 heavy (non-hydrogen) atoms. The lowest BCUT2D eigenvalue weighted by Crippen LogP contribution is -2.11. The van der Waals surface area contributed by atoms with E-state index in [-0.39, 0.29) is 0 Å². The van der Waals surface area contributed by atoms with Crippen LogP contribution in [-0.2, 0) is 0 Å². The van der Waals surface area contributed by atoms with Crippen molar-refractivity contribution in [2.75, 3.05) is 0 Å². The molecule has 0 aliphatic carbocycles. The van der Waals surface area contributed by atoms with Crippen LogP contribution in [-0.4, -0.2) is 0 Å². The van der Waals surface area contributed by atoms with Crippen molar-refractivity contribution < 1.29 is 0 Å². The molecular formula is C21H46. The smallest absolute Gasteiger partial charge is 0.0380 e. The van der Waals surface area contributed by atoms with Gasteiger partial charge in [0.2, 0.25) is 0 Å². The van der Waals surface area contributed by atoms with E-state index in [9.17, 15) is 0 Å². The minimum Gasteiger partial charge on any atom is -0.0654 e. The Kier molecular flexibility index (Phi) is 12.8. The molecule has 0 amide bonds. The van der Waals surface area contributed by atoms with E-state index in [0.717, 1.165) is 11.8 Å². The van der Waals surface area contributed by atoms with Gasteiger partial charge in [-0.25, -0.2) is 0 Å². The number of rotatable bonds is 7. The highest BCUT2D eigenvalue weighted by atomic mass is 14.2. The van der Waals surface area contributed by atoms with Crippen molar-refractivity contribution in [1.82, 2.24) is 0 Å². The summed E-state index contributed by atoms with van der Waals surface area (Å²) < 4.78 is 0. The average molecular weight is 299 g/mol. The van der Waals surface area contributed by atoms with Gasteiger partial charge in [0.05, 0.1) is 0 Å². The lowest BCUT2D eigenvalue weighted by atomic mass is 9.82. The van der Waals surface area contributed by atoms with Gasteiger partial charge in [0.15, 0.2) is 0 Å². The van der Waals surface area contributed by atoms with Crippen LogP contribution in [0, 0.1) is 22.7 Å². The third-order valence-corrected chi connectivity index (χ3v) is 4.07. The zero-order valence-corrected chi connectivity index (χ0v) is 17.1. The summed E-state index contributed by atoms with van der Waals surface area (Å²) in [6.07, 6.45) is 9.58. The largest absolute Gasteiger partial charge is 0.0654 e. The first-order valence-electron chi connectivity index (χ1n) is 9.45. The minimum absolute atomic E-state index is 0.521. The highest BCUT2D eigenvalue weighted by Crippen LogP contribution is 2.28. The van der Waals surface area contributed by atoms with Gasteiger partial charge in [-0.05, 0) is 35.5 Å². The molecule has 0 aromatic heterocycles. The molecule has 0 aromatic carbocycles. The Balaban J connectivity index is 0. The van der Waals surface area contributed by atoms with Gasteiger partial charge in [0.1, 0.15) is 0 Å². The molecule has 0 N–H and O–H groups in total. The summed E-state index contributed by atoms with van der Waals surface area (Å²) in [6.45, 7) is 23.2. The molecule has 0 saturated carbocycles. The highest BCUT2D eigenvalue weighted by Gasteiger charge is 2.15. The first-order chi connectivity index (χ1) is 9.45. The van der Waals surface area contributed by atoms with Crippen LogP contribution in [0.4, 0.5) is 0 Å². The van der Waals surface area contributed by atoms with E-state index in [1.165, 1.54) is 44.9 Å². The number of hydrogen-bond acceptors (Lipinski definition) is 0. The van der Waals surface area contributed by atoms with Crippen molar-refractivity contribution in [2.24, 2.45) is 22.7 Å². The molecule has 0 rings (SSSR count). The predicted octanol–water partition coefficient (Wildman–Crippen LogP) is 8.11. The van der Waals surface area contributed by atoms with E-state index in [4.69, 9.17) is 0 Å². The van der Waals surface area contributed by atoms with Crippen LogP contribution >= 0.6 is 0 Å². The van der Waals surface area contributed by atoms with E-state index < -0.39 is 0 Å². The first-order valence-corrected chi connectivity index (χ1v) is 9.45. The Morgan fingerprint density at radius 3 is 1.38 bits per heavy atom. The number of hydrogen-bond donors (Lipinski definition) is 0. The summed E-state index contributed by atoms with van der Waals surface area (Å²) in [7, 11) is 0. The highest BCUT2D eigenvalue weighted by molar-refractivity contribution is 4.67. The molecule has 130 valence electrons. The molecule has 0 nitrogen and oxygen atoms in total. The van der Waals surface area contributed by atoms with E-state index >= 15 is 0 Å². The fraction of sp³-hybridized carbons (Fsp3) is 1.00. The third-order valence-electron chi connectivity index (χ3n) is 4.07. The van der Waals surface area contributed by atoms with Gasteiger partial charge in [-0.3, -0.25) is 0 Å². The molecule has 0 saturated heterocycles. The summed E-state index contributed by atoms with van der Waals surface area (Å²) >= 11 is 0. The molecular weight excluding hydrogens is 252 g/mol. The van der Waals surface area contributed by atoms with Crippen molar-refractivity contribution in [3.8, 4) is 0 Å². The molecule has 0 heterocycles. The zero-order chi connectivity index (χ0) is 17.1. The van der Waals surface area contributed by atoms with Crippen LogP contribution in [0.2, 0.25) is 0 Å². The molecule has 0 fully saturated rings. The summed E-state index contributed by atoms with van der Waals surface area (Å²) in [6, 6.07) is 0. The van der Waals surface area contributed by atoms with Crippen LogP contribution < -0.4 is 0 Å². The second-order valence-electron chi connectivity index (χ2n) is 9.46. The molecule has 1 atom stereocenters. The summed E-state index contributed by atoms with van der Waals surface area (Å²) in [5.41, 5.74) is 1.05. The number of unbranched alkanes of at least 4 members (excludes halogenated alkanes) is 1. The summed E-state index contributed by atoms with van der Waals surface area (Å²) in [4.78, 5) is 0. The van der Waals surface area contributed by atoms with Crippen LogP contribution in [0.25, 0.3) is 0 Å². The van der Waals surface area contributed by atoms with Crippen LogP contribution in [0.3, 0.4) is 0 Å². The molecule has 0 aromatic rings. The quantitative estimate of drug-likeness (QED) is 0.445. The van der Waals surface area contributed by atoms with Crippen molar-refractivity contribution in [3.05, 3.63) is 0 Å². The Bertz CT molecular complexity index is 209. The predicted molar refractivity (Wildman–Crippen MR) is 101 cm³/mol. The van der Waals surface area contributed by atoms with E-state index in [1.807, 2.05) is 0 Å². The Labute approximate surface area is 137 Å². The van der Waals surface area contributed by atoms with E-state index in [1.54, 1.807) is 0 Å². The van der Waals surface area contributed by atoms with Crippen LogP contribution in [0.15, 0.2) is 0 Å². The minimum atomic E-state index is 0.521. The SMILES string of the molecule is CCC(CC)CC(C)(C)C.CCCCC(C)CC(C)(C)C. The van der Waals surface area contributed by atoms with Crippen molar-refractivity contribution in [1.29, 1.82) is 0 Å². The normalized spacial score (nSPS) is 13.9. The molecule has 0 radical (unpaired) electrons. The van der Waals surface area contributed by atoms with Gasteiger partial charge in [-0.2, -0.15) is 0 Å². The standard InChI is InChI=1S/C11H24.C10H22/c1-6-7-8-10(2)9-11(3,4)5;1-6-9(7-2)8-10(3,4)5/h10H,6-9H2,1-5H3;9H,6-8H2,1-5H3. The maximum absolute atomic E-state index is 2.38. The van der Waals surface area contributed by atoms with Gasteiger partial charge in [-0.1, -0.05) is 101 Å². The fourth-order valence-electron chi connectivity index (χ4n) is 3.14. The van der Waals surface area contributed by atoms with Gasteiger partial charge >= 0.3 is 0 Å². The lowest BCUT2D eigenvalue weighted by Gasteiger charge is -2.23. The monoisotopic (exact) mass is 298 g/mol. The second kappa shape index (κ2) is 11.6. The molecule has 0 bridgehead atoms. The van der Waals surface area contributed by atoms with Crippen LogP contribution in [0.1, 0.15) is 114 Å². The van der Waals surface area contributed by atoms with Crippen molar-refractivity contribution >= 4 is 0 Å². The lowest BCUT2D eigenvalue weighted by molar-refractivity contribution is 0.282. The Hall–Kier alpha value is 0. The summed E-state index contributed by atoms with van der Waals surface area (Å²) in [5, 5.41) is 0. The van der Waals surface area contributed by atoms with Crippen LogP contribution in [0.5, 0.6) is 0 Å². The first kappa shape index (κ1) is 23.3. The van der Waals surface area contributed by atoms with Gasteiger partial charge in [-0.15, -0.1) is 0 Å². The van der Waals surface area contributed by atoms with Crippen molar-refractivity contribution in [2.45, 2.75) is 114 Å². The third kappa shape index (κ3) is 20.0.